The van der Waals surface area contributed by atoms with Crippen LogP contribution in [0.1, 0.15) is 43.6 Å². The van der Waals surface area contributed by atoms with E-state index in [0.29, 0.717) is 5.75 Å². The van der Waals surface area contributed by atoms with Gasteiger partial charge in [-0.2, -0.15) is 0 Å². The van der Waals surface area contributed by atoms with Crippen LogP contribution >= 0.6 is 11.8 Å². The highest BCUT2D eigenvalue weighted by Gasteiger charge is 2.21. The minimum Gasteiger partial charge on any atom is -0.353 e. The first-order chi connectivity index (χ1) is 14.3. The standard InChI is InChI=1S/C23H33N5OS/c1-16(2)8-11-27-12-9-20(10-13-27)24-22(29)15-30-23-26-25-19(5)28(23)21-14-17(3)6-7-18(21)4/h6-8,14,20H,9-13,15H2,1-5H3,(H,24,29). The van der Waals surface area contributed by atoms with Crippen molar-refractivity contribution in [2.45, 2.75) is 58.7 Å². The molecule has 162 valence electrons. The number of nitrogens with one attached hydrogen (secondary N) is 1. The summed E-state index contributed by atoms with van der Waals surface area (Å²) in [6, 6.07) is 6.61. The zero-order valence-electron chi connectivity index (χ0n) is 18.7. The fourth-order valence-electron chi connectivity index (χ4n) is 3.65. The normalized spacial score (nSPS) is 15.2. The molecule has 30 heavy (non-hydrogen) atoms. The molecule has 6 nitrogen and oxygen atoms in total. The van der Waals surface area contributed by atoms with E-state index in [9.17, 15) is 4.79 Å². The van der Waals surface area contributed by atoms with Crippen LogP contribution in [-0.4, -0.2) is 57.0 Å². The van der Waals surface area contributed by atoms with Gasteiger partial charge >= 0.3 is 0 Å². The van der Waals surface area contributed by atoms with Crippen molar-refractivity contribution >= 4 is 17.7 Å². The maximum Gasteiger partial charge on any atom is 0.230 e. The Morgan fingerprint density at radius 3 is 2.63 bits per heavy atom. The fraction of sp³-hybridized carbons (Fsp3) is 0.522. The Labute approximate surface area is 184 Å². The molecule has 2 aromatic rings. The van der Waals surface area contributed by atoms with Crippen LogP contribution < -0.4 is 5.32 Å². The van der Waals surface area contributed by atoms with E-state index in [2.05, 4.69) is 72.4 Å². The topological polar surface area (TPSA) is 63.1 Å². The number of aryl methyl sites for hydroxylation is 3. The minimum atomic E-state index is 0.0657. The Bertz CT molecular complexity index is 908. The second-order valence-electron chi connectivity index (χ2n) is 8.37. The van der Waals surface area contributed by atoms with E-state index in [0.717, 1.165) is 54.7 Å². The lowest BCUT2D eigenvalue weighted by molar-refractivity contribution is -0.119. The number of allylic oxidation sites excluding steroid dienone is 1. The van der Waals surface area contributed by atoms with Crippen LogP contribution in [0.2, 0.25) is 0 Å². The van der Waals surface area contributed by atoms with Crippen molar-refractivity contribution in [1.29, 1.82) is 0 Å². The molecule has 0 radical (unpaired) electrons. The van der Waals surface area contributed by atoms with Crippen LogP contribution in [0.4, 0.5) is 0 Å². The monoisotopic (exact) mass is 427 g/mol. The first-order valence-electron chi connectivity index (χ1n) is 10.6. The Morgan fingerprint density at radius 2 is 1.93 bits per heavy atom. The third-order valence-electron chi connectivity index (χ3n) is 5.44. The molecule has 0 aliphatic carbocycles. The van der Waals surface area contributed by atoms with Gasteiger partial charge < -0.3 is 5.32 Å². The van der Waals surface area contributed by atoms with E-state index in [4.69, 9.17) is 0 Å². The van der Waals surface area contributed by atoms with Crippen molar-refractivity contribution in [3.8, 4) is 5.69 Å². The van der Waals surface area contributed by atoms with E-state index < -0.39 is 0 Å². The van der Waals surface area contributed by atoms with Crippen LogP contribution in [-0.2, 0) is 4.79 Å². The van der Waals surface area contributed by atoms with Crippen LogP contribution in [0.5, 0.6) is 0 Å². The number of thioether (sulfide) groups is 1. The van der Waals surface area contributed by atoms with Crippen LogP contribution in [0.25, 0.3) is 5.69 Å². The lowest BCUT2D eigenvalue weighted by Gasteiger charge is -2.31. The number of benzene rings is 1. The van der Waals surface area contributed by atoms with E-state index in [-0.39, 0.29) is 11.9 Å². The molecule has 1 fully saturated rings. The molecule has 2 heterocycles. The third kappa shape index (κ3) is 5.95. The number of carbonyl (C=O) groups excluding carboxylic acids is 1. The molecular formula is C23H33N5OS. The van der Waals surface area contributed by atoms with Crippen molar-refractivity contribution in [3.63, 3.8) is 0 Å². The van der Waals surface area contributed by atoms with Crippen molar-refractivity contribution < 1.29 is 4.79 Å². The summed E-state index contributed by atoms with van der Waals surface area (Å²) in [6.07, 6.45) is 4.28. The van der Waals surface area contributed by atoms with Crippen LogP contribution in [0.15, 0.2) is 35.0 Å². The second kappa shape index (κ2) is 10.3. The smallest absolute Gasteiger partial charge is 0.230 e. The van der Waals surface area contributed by atoms with E-state index >= 15 is 0 Å². The third-order valence-corrected chi connectivity index (χ3v) is 6.37. The zero-order chi connectivity index (χ0) is 21.7. The molecule has 3 rings (SSSR count). The highest BCUT2D eigenvalue weighted by molar-refractivity contribution is 7.99. The van der Waals surface area contributed by atoms with Gasteiger partial charge in [0, 0.05) is 25.7 Å². The van der Waals surface area contributed by atoms with Gasteiger partial charge in [0.25, 0.3) is 0 Å². The average molecular weight is 428 g/mol. The largest absolute Gasteiger partial charge is 0.353 e. The van der Waals surface area contributed by atoms with Crippen molar-refractivity contribution in [2.75, 3.05) is 25.4 Å². The Morgan fingerprint density at radius 1 is 1.20 bits per heavy atom. The first kappa shape index (κ1) is 22.6. The first-order valence-corrected chi connectivity index (χ1v) is 11.6. The predicted molar refractivity (Wildman–Crippen MR) is 123 cm³/mol. The summed E-state index contributed by atoms with van der Waals surface area (Å²) < 4.78 is 2.04. The number of piperidine rings is 1. The molecule has 0 spiro atoms. The summed E-state index contributed by atoms with van der Waals surface area (Å²) >= 11 is 1.44. The number of carbonyl (C=O) groups is 1. The Balaban J connectivity index is 1.54. The maximum absolute atomic E-state index is 12.5. The summed E-state index contributed by atoms with van der Waals surface area (Å²) in [5, 5.41) is 12.5. The second-order valence-corrected chi connectivity index (χ2v) is 9.31. The summed E-state index contributed by atoms with van der Waals surface area (Å²) in [5.41, 5.74) is 4.78. The van der Waals surface area contributed by atoms with Gasteiger partial charge in [-0.3, -0.25) is 14.3 Å². The molecule has 0 unspecified atom stereocenters. The van der Waals surface area contributed by atoms with Gasteiger partial charge in [0.1, 0.15) is 5.82 Å². The van der Waals surface area contributed by atoms with Gasteiger partial charge in [0.15, 0.2) is 5.16 Å². The average Bonchev–Trinajstić information content (AvgIpc) is 3.08. The zero-order valence-corrected chi connectivity index (χ0v) is 19.6. The van der Waals surface area contributed by atoms with Crippen molar-refractivity contribution in [2.24, 2.45) is 0 Å². The molecular weight excluding hydrogens is 394 g/mol. The predicted octanol–water partition coefficient (Wildman–Crippen LogP) is 3.83. The molecule has 1 aromatic carbocycles. The maximum atomic E-state index is 12.5. The van der Waals surface area contributed by atoms with Crippen molar-refractivity contribution in [3.05, 3.63) is 46.8 Å². The molecule has 7 heteroatoms. The number of hydrogen-bond donors (Lipinski definition) is 1. The van der Waals surface area contributed by atoms with E-state index in [1.54, 1.807) is 0 Å². The summed E-state index contributed by atoms with van der Waals surface area (Å²) in [6.45, 7) is 13.4. The van der Waals surface area contributed by atoms with Gasteiger partial charge in [-0.15, -0.1) is 10.2 Å². The molecule has 0 atom stereocenters. The van der Waals surface area contributed by atoms with E-state index in [1.807, 2.05) is 11.5 Å². The molecule has 1 N–H and O–H groups in total. The summed E-state index contributed by atoms with van der Waals surface area (Å²) in [5.74, 6) is 1.24. The van der Waals surface area contributed by atoms with Crippen LogP contribution in [0, 0.1) is 20.8 Å². The number of hydrogen-bond acceptors (Lipinski definition) is 5. The quantitative estimate of drug-likeness (QED) is 0.537. The molecule has 1 aromatic heterocycles. The van der Waals surface area contributed by atoms with Gasteiger partial charge in [0.05, 0.1) is 11.4 Å². The summed E-state index contributed by atoms with van der Waals surface area (Å²) in [7, 11) is 0. The fourth-order valence-corrected chi connectivity index (χ4v) is 4.45. The van der Waals surface area contributed by atoms with Gasteiger partial charge in [-0.1, -0.05) is 35.5 Å². The van der Waals surface area contributed by atoms with Gasteiger partial charge in [-0.05, 0) is 64.7 Å². The minimum absolute atomic E-state index is 0.0657. The molecule has 1 amide bonds. The Kier molecular flexibility index (Phi) is 7.72. The molecule has 1 aliphatic heterocycles. The van der Waals surface area contributed by atoms with Crippen LogP contribution in [0.3, 0.4) is 0 Å². The van der Waals surface area contributed by atoms with E-state index in [1.165, 1.54) is 22.9 Å². The lowest BCUT2D eigenvalue weighted by Crippen LogP contribution is -2.45. The molecule has 1 saturated heterocycles. The van der Waals surface area contributed by atoms with Gasteiger partial charge in [0.2, 0.25) is 5.91 Å². The number of rotatable bonds is 7. The molecule has 0 bridgehead atoms. The van der Waals surface area contributed by atoms with Crippen molar-refractivity contribution in [1.82, 2.24) is 25.0 Å². The number of likely N-dealkylation sites (tertiary alicyclic amines) is 1. The molecule has 0 saturated carbocycles. The van der Waals surface area contributed by atoms with Gasteiger partial charge in [-0.25, -0.2) is 0 Å². The number of aromatic nitrogens is 3. The number of nitrogens with zero attached hydrogens (tertiary/aromatic N) is 4. The SMILES string of the molecule is CC(C)=CCN1CCC(NC(=O)CSc2nnc(C)n2-c2cc(C)ccc2C)CC1. The Hall–Kier alpha value is -2.12. The highest BCUT2D eigenvalue weighted by Crippen LogP contribution is 2.25. The number of amides is 1. The summed E-state index contributed by atoms with van der Waals surface area (Å²) in [4.78, 5) is 15.0. The molecule has 1 aliphatic rings. The highest BCUT2D eigenvalue weighted by atomic mass is 32.2. The lowest BCUT2D eigenvalue weighted by atomic mass is 10.0.